The molecule has 1 aliphatic rings. The highest BCUT2D eigenvalue weighted by atomic mass is 28.4. The minimum atomic E-state index is -1.48. The first-order chi connectivity index (χ1) is 6.78. The average molecular weight is 226 g/mol. The van der Waals surface area contributed by atoms with Gasteiger partial charge in [-0.25, -0.2) is 0 Å². The quantitative estimate of drug-likeness (QED) is 0.686. The SMILES string of the molecule is [B]C1CC(O[Si](C)(C)C)C(CC(C)C)O1. The normalized spacial score (nSPS) is 32.5. The van der Waals surface area contributed by atoms with Gasteiger partial charge >= 0.3 is 0 Å². The van der Waals surface area contributed by atoms with Crippen LogP contribution < -0.4 is 0 Å². The fourth-order valence-electron chi connectivity index (χ4n) is 2.00. The third-order valence-corrected chi connectivity index (χ3v) is 3.45. The van der Waals surface area contributed by atoms with E-state index in [2.05, 4.69) is 33.5 Å². The molecule has 2 nitrogen and oxygen atoms in total. The zero-order valence-corrected chi connectivity index (χ0v) is 11.6. The summed E-state index contributed by atoms with van der Waals surface area (Å²) in [4.78, 5) is 0. The molecule has 0 amide bonds. The number of hydrogen-bond acceptors (Lipinski definition) is 2. The Labute approximate surface area is 96.3 Å². The molecular weight excluding hydrogens is 203 g/mol. The van der Waals surface area contributed by atoms with Crippen molar-refractivity contribution < 1.29 is 9.16 Å². The fourth-order valence-corrected chi connectivity index (χ4v) is 3.15. The molecule has 0 aliphatic carbocycles. The van der Waals surface area contributed by atoms with Crippen molar-refractivity contribution in [2.75, 3.05) is 0 Å². The number of rotatable bonds is 4. The average Bonchev–Trinajstić information content (AvgIpc) is 2.25. The van der Waals surface area contributed by atoms with Crippen molar-refractivity contribution in [2.45, 2.75) is 64.5 Å². The Balaban J connectivity index is 2.53. The Kier molecular flexibility index (Phi) is 4.44. The summed E-state index contributed by atoms with van der Waals surface area (Å²) in [5.41, 5.74) is 0. The van der Waals surface area contributed by atoms with Gasteiger partial charge in [-0.15, -0.1) is 0 Å². The highest BCUT2D eigenvalue weighted by Crippen LogP contribution is 2.28. The van der Waals surface area contributed by atoms with Gasteiger partial charge < -0.3 is 9.16 Å². The van der Waals surface area contributed by atoms with Crippen molar-refractivity contribution >= 4 is 16.2 Å². The van der Waals surface area contributed by atoms with E-state index in [4.69, 9.17) is 17.0 Å². The summed E-state index contributed by atoms with van der Waals surface area (Å²) < 4.78 is 11.8. The Morgan fingerprint density at radius 1 is 1.40 bits per heavy atom. The van der Waals surface area contributed by atoms with Crippen LogP contribution in [-0.2, 0) is 9.16 Å². The molecule has 0 N–H and O–H groups in total. The molecule has 0 aromatic heterocycles. The zero-order chi connectivity index (χ0) is 11.6. The maximum Gasteiger partial charge on any atom is 0.184 e. The Hall–Kier alpha value is 0.202. The van der Waals surface area contributed by atoms with Gasteiger partial charge in [0, 0.05) is 6.00 Å². The van der Waals surface area contributed by atoms with Gasteiger partial charge in [-0.1, -0.05) is 13.8 Å². The van der Waals surface area contributed by atoms with Crippen LogP contribution in [0.3, 0.4) is 0 Å². The van der Waals surface area contributed by atoms with Gasteiger partial charge in [0.1, 0.15) is 7.85 Å². The standard InChI is InChI=1S/C11H23BO2Si/c1-8(2)6-9-10(7-11(12)13-9)14-15(3,4)5/h8-11H,6-7H2,1-5H3. The van der Waals surface area contributed by atoms with Crippen LogP contribution in [0.2, 0.25) is 19.6 Å². The summed E-state index contributed by atoms with van der Waals surface area (Å²) in [6.07, 6.45) is 2.31. The molecule has 0 spiro atoms. The second-order valence-corrected chi connectivity index (χ2v) is 10.3. The molecule has 1 aliphatic heterocycles. The molecule has 1 rings (SSSR count). The third kappa shape index (κ3) is 4.70. The first-order valence-electron chi connectivity index (χ1n) is 5.87. The Bertz CT molecular complexity index is 203. The maximum atomic E-state index is 6.12. The van der Waals surface area contributed by atoms with E-state index in [1.807, 2.05) is 0 Å². The van der Waals surface area contributed by atoms with E-state index in [1.54, 1.807) is 0 Å². The van der Waals surface area contributed by atoms with Gasteiger partial charge in [0.05, 0.1) is 12.2 Å². The molecule has 1 saturated heterocycles. The van der Waals surface area contributed by atoms with Crippen LogP contribution >= 0.6 is 0 Å². The van der Waals surface area contributed by atoms with Crippen LogP contribution in [0, 0.1) is 5.92 Å². The molecule has 2 radical (unpaired) electrons. The van der Waals surface area contributed by atoms with E-state index < -0.39 is 8.32 Å². The van der Waals surface area contributed by atoms with E-state index in [1.165, 1.54) is 0 Å². The molecule has 3 atom stereocenters. The minimum absolute atomic E-state index is 0.130. The van der Waals surface area contributed by atoms with E-state index in [-0.39, 0.29) is 18.2 Å². The Morgan fingerprint density at radius 3 is 2.47 bits per heavy atom. The van der Waals surface area contributed by atoms with Crippen molar-refractivity contribution in [3.05, 3.63) is 0 Å². The van der Waals surface area contributed by atoms with Gasteiger partial charge in [0.2, 0.25) is 0 Å². The summed E-state index contributed by atoms with van der Waals surface area (Å²) >= 11 is 0. The first kappa shape index (κ1) is 13.3. The molecule has 1 fully saturated rings. The topological polar surface area (TPSA) is 18.5 Å². The van der Waals surface area contributed by atoms with Crippen molar-refractivity contribution in [3.8, 4) is 0 Å². The second-order valence-electron chi connectivity index (χ2n) is 5.85. The summed E-state index contributed by atoms with van der Waals surface area (Å²) in [6, 6.07) is -0.130. The van der Waals surface area contributed by atoms with Gasteiger partial charge in [-0.2, -0.15) is 0 Å². The maximum absolute atomic E-state index is 6.12. The molecule has 1 heterocycles. The Morgan fingerprint density at radius 2 is 2.00 bits per heavy atom. The summed E-state index contributed by atoms with van der Waals surface area (Å²) in [5, 5.41) is 0. The largest absolute Gasteiger partial charge is 0.412 e. The highest BCUT2D eigenvalue weighted by Gasteiger charge is 2.36. The molecular formula is C11H23BO2Si. The number of hydrogen-bond donors (Lipinski definition) is 0. The minimum Gasteiger partial charge on any atom is -0.412 e. The lowest BCUT2D eigenvalue weighted by atomic mass is 9.95. The lowest BCUT2D eigenvalue weighted by molar-refractivity contribution is 0.0260. The lowest BCUT2D eigenvalue weighted by Gasteiger charge is -2.27. The predicted molar refractivity (Wildman–Crippen MR) is 66.7 cm³/mol. The smallest absolute Gasteiger partial charge is 0.184 e. The molecule has 0 bridgehead atoms. The molecule has 86 valence electrons. The summed E-state index contributed by atoms with van der Waals surface area (Å²) in [7, 11) is 4.34. The van der Waals surface area contributed by atoms with E-state index in [0.29, 0.717) is 5.92 Å². The molecule has 4 heteroatoms. The van der Waals surface area contributed by atoms with E-state index in [9.17, 15) is 0 Å². The zero-order valence-electron chi connectivity index (χ0n) is 10.6. The molecule has 0 saturated carbocycles. The molecule has 15 heavy (non-hydrogen) atoms. The van der Waals surface area contributed by atoms with Gasteiger partial charge in [-0.05, 0) is 38.4 Å². The van der Waals surface area contributed by atoms with Crippen LogP contribution in [0.25, 0.3) is 0 Å². The van der Waals surface area contributed by atoms with Crippen LogP contribution in [0.1, 0.15) is 26.7 Å². The van der Waals surface area contributed by atoms with Gasteiger partial charge in [0.15, 0.2) is 8.32 Å². The molecule has 3 unspecified atom stereocenters. The van der Waals surface area contributed by atoms with Gasteiger partial charge in [0.25, 0.3) is 0 Å². The predicted octanol–water partition coefficient (Wildman–Crippen LogP) is 2.54. The third-order valence-electron chi connectivity index (χ3n) is 2.44. The van der Waals surface area contributed by atoms with E-state index in [0.717, 1.165) is 12.8 Å². The van der Waals surface area contributed by atoms with Crippen molar-refractivity contribution in [3.63, 3.8) is 0 Å². The highest BCUT2D eigenvalue weighted by molar-refractivity contribution is 6.69. The fraction of sp³-hybridized carbons (Fsp3) is 1.00. The number of ether oxygens (including phenoxy) is 1. The first-order valence-corrected chi connectivity index (χ1v) is 9.27. The summed E-state index contributed by atoms with van der Waals surface area (Å²) in [5.74, 6) is 0.632. The second kappa shape index (κ2) is 5.02. The van der Waals surface area contributed by atoms with Crippen molar-refractivity contribution in [1.82, 2.24) is 0 Å². The van der Waals surface area contributed by atoms with E-state index >= 15 is 0 Å². The van der Waals surface area contributed by atoms with Crippen molar-refractivity contribution in [2.24, 2.45) is 5.92 Å². The summed E-state index contributed by atoms with van der Waals surface area (Å²) in [6.45, 7) is 11.0. The van der Waals surface area contributed by atoms with Crippen LogP contribution in [0.5, 0.6) is 0 Å². The molecule has 0 aromatic carbocycles. The monoisotopic (exact) mass is 226 g/mol. The van der Waals surface area contributed by atoms with Crippen LogP contribution in [0.15, 0.2) is 0 Å². The lowest BCUT2D eigenvalue weighted by Crippen LogP contribution is -2.37. The van der Waals surface area contributed by atoms with Crippen LogP contribution in [-0.4, -0.2) is 34.4 Å². The molecule has 0 aromatic rings. The van der Waals surface area contributed by atoms with Crippen LogP contribution in [0.4, 0.5) is 0 Å². The van der Waals surface area contributed by atoms with Gasteiger partial charge in [-0.3, -0.25) is 0 Å². The van der Waals surface area contributed by atoms with Crippen molar-refractivity contribution in [1.29, 1.82) is 0 Å².